The van der Waals surface area contributed by atoms with Crippen LogP contribution in [-0.2, 0) is 0 Å². The Hall–Kier alpha value is 0.400. The van der Waals surface area contributed by atoms with Gasteiger partial charge in [0.05, 0.1) is 0 Å². The van der Waals surface area contributed by atoms with Crippen molar-refractivity contribution in [1.29, 1.82) is 0 Å². The standard InChI is InChI=1S/C5H4FI2N3/c1-2(6)3-9-4(7)11-5(8)10-3/h2H,1H3. The van der Waals surface area contributed by atoms with Crippen LogP contribution in [0, 0.1) is 7.66 Å². The maximum atomic E-state index is 12.6. The van der Waals surface area contributed by atoms with Crippen molar-refractivity contribution in [3.05, 3.63) is 13.5 Å². The number of hydrogen-bond acceptors (Lipinski definition) is 3. The molecular weight excluding hydrogens is 375 g/mol. The third-order valence-corrected chi connectivity index (χ3v) is 1.92. The van der Waals surface area contributed by atoms with Crippen molar-refractivity contribution >= 4 is 45.2 Å². The molecule has 0 amide bonds. The topological polar surface area (TPSA) is 38.7 Å². The Bertz CT molecular complexity index is 246. The van der Waals surface area contributed by atoms with E-state index >= 15 is 0 Å². The van der Waals surface area contributed by atoms with Gasteiger partial charge in [0.1, 0.15) is 0 Å². The molecule has 0 saturated carbocycles. The van der Waals surface area contributed by atoms with Crippen molar-refractivity contribution in [2.45, 2.75) is 13.1 Å². The highest BCUT2D eigenvalue weighted by atomic mass is 127. The molecule has 1 aromatic rings. The van der Waals surface area contributed by atoms with Gasteiger partial charge in [0.2, 0.25) is 0 Å². The second-order valence-electron chi connectivity index (χ2n) is 1.85. The zero-order chi connectivity index (χ0) is 8.43. The summed E-state index contributed by atoms with van der Waals surface area (Å²) in [7, 11) is 0. The normalized spacial score (nSPS) is 13.1. The minimum atomic E-state index is -1.12. The van der Waals surface area contributed by atoms with Crippen molar-refractivity contribution in [2.24, 2.45) is 0 Å². The molecule has 0 spiro atoms. The molecular formula is C5H4FI2N3. The van der Waals surface area contributed by atoms with E-state index in [1.807, 2.05) is 45.2 Å². The third-order valence-electron chi connectivity index (χ3n) is 0.954. The molecule has 1 heterocycles. The van der Waals surface area contributed by atoms with E-state index < -0.39 is 6.17 Å². The molecule has 0 aliphatic rings. The van der Waals surface area contributed by atoms with E-state index in [0.29, 0.717) is 7.66 Å². The van der Waals surface area contributed by atoms with Crippen LogP contribution in [0.2, 0.25) is 0 Å². The maximum absolute atomic E-state index is 12.6. The van der Waals surface area contributed by atoms with Crippen LogP contribution in [-0.4, -0.2) is 15.0 Å². The van der Waals surface area contributed by atoms with Crippen LogP contribution in [0.3, 0.4) is 0 Å². The molecule has 0 aromatic carbocycles. The lowest BCUT2D eigenvalue weighted by molar-refractivity contribution is 0.354. The molecule has 0 aliphatic carbocycles. The summed E-state index contributed by atoms with van der Waals surface area (Å²) >= 11 is 3.86. The van der Waals surface area contributed by atoms with Crippen molar-refractivity contribution in [1.82, 2.24) is 15.0 Å². The average Bonchev–Trinajstić information content (AvgIpc) is 1.85. The van der Waals surface area contributed by atoms with Crippen LogP contribution in [0.15, 0.2) is 0 Å². The molecule has 3 nitrogen and oxygen atoms in total. The van der Waals surface area contributed by atoms with E-state index in [-0.39, 0.29) is 5.82 Å². The summed E-state index contributed by atoms with van der Waals surface area (Å²) in [6.45, 7) is 1.40. The minimum absolute atomic E-state index is 0.203. The summed E-state index contributed by atoms with van der Waals surface area (Å²) in [5.74, 6) is 0.203. The van der Waals surface area contributed by atoms with Gasteiger partial charge in [-0.05, 0) is 6.92 Å². The lowest BCUT2D eigenvalue weighted by atomic mass is 10.4. The molecule has 1 atom stereocenters. The third kappa shape index (κ3) is 2.73. The van der Waals surface area contributed by atoms with Crippen molar-refractivity contribution in [3.8, 4) is 0 Å². The Balaban J connectivity index is 3.08. The van der Waals surface area contributed by atoms with E-state index in [4.69, 9.17) is 0 Å². The number of nitrogens with zero attached hydrogens (tertiary/aromatic N) is 3. The van der Waals surface area contributed by atoms with Gasteiger partial charge in [-0.1, -0.05) is 0 Å². The van der Waals surface area contributed by atoms with Gasteiger partial charge in [0.25, 0.3) is 0 Å². The lowest BCUT2D eigenvalue weighted by Crippen LogP contribution is -2.03. The van der Waals surface area contributed by atoms with Gasteiger partial charge < -0.3 is 0 Å². The van der Waals surface area contributed by atoms with Gasteiger partial charge in [-0.15, -0.1) is 0 Å². The van der Waals surface area contributed by atoms with E-state index in [0.717, 1.165) is 0 Å². The van der Waals surface area contributed by atoms with Gasteiger partial charge in [-0.25, -0.2) is 14.4 Å². The summed E-state index contributed by atoms with van der Waals surface area (Å²) in [6.07, 6.45) is -1.12. The Morgan fingerprint density at radius 1 is 1.18 bits per heavy atom. The van der Waals surface area contributed by atoms with Crippen molar-refractivity contribution in [2.75, 3.05) is 0 Å². The quantitative estimate of drug-likeness (QED) is 0.702. The molecule has 60 valence electrons. The van der Waals surface area contributed by atoms with Gasteiger partial charge in [-0.3, -0.25) is 0 Å². The molecule has 1 unspecified atom stereocenters. The summed E-state index contributed by atoms with van der Waals surface area (Å²) in [5.41, 5.74) is 0. The molecule has 0 aliphatic heterocycles. The fourth-order valence-corrected chi connectivity index (χ4v) is 1.93. The molecule has 0 fully saturated rings. The molecule has 11 heavy (non-hydrogen) atoms. The first-order chi connectivity index (χ1) is 5.09. The first-order valence-electron chi connectivity index (χ1n) is 2.80. The monoisotopic (exact) mass is 379 g/mol. The van der Waals surface area contributed by atoms with Crippen LogP contribution in [0.4, 0.5) is 4.39 Å². The summed E-state index contributed by atoms with van der Waals surface area (Å²) < 4.78 is 13.7. The summed E-state index contributed by atoms with van der Waals surface area (Å²) in [5, 5.41) is 0. The minimum Gasteiger partial charge on any atom is -0.239 e. The molecule has 1 aromatic heterocycles. The molecule has 1 rings (SSSR count). The van der Waals surface area contributed by atoms with Crippen LogP contribution in [0.5, 0.6) is 0 Å². The Kier molecular flexibility index (Phi) is 3.34. The van der Waals surface area contributed by atoms with Crippen LogP contribution in [0.25, 0.3) is 0 Å². The summed E-state index contributed by atoms with van der Waals surface area (Å²) in [4.78, 5) is 11.5. The second-order valence-corrected chi connectivity index (χ2v) is 3.78. The van der Waals surface area contributed by atoms with Crippen molar-refractivity contribution in [3.63, 3.8) is 0 Å². The van der Waals surface area contributed by atoms with Gasteiger partial charge in [0.15, 0.2) is 19.7 Å². The van der Waals surface area contributed by atoms with Crippen molar-refractivity contribution < 1.29 is 4.39 Å². The molecule has 6 heteroatoms. The van der Waals surface area contributed by atoms with Gasteiger partial charge in [0, 0.05) is 45.2 Å². The zero-order valence-corrected chi connectivity index (χ0v) is 9.87. The largest absolute Gasteiger partial charge is 0.239 e. The molecule has 0 saturated heterocycles. The lowest BCUT2D eigenvalue weighted by Gasteiger charge is -1.99. The fourth-order valence-electron chi connectivity index (χ4n) is 0.518. The van der Waals surface area contributed by atoms with E-state index in [2.05, 4.69) is 15.0 Å². The Morgan fingerprint density at radius 3 is 2.00 bits per heavy atom. The highest BCUT2D eigenvalue weighted by Gasteiger charge is 2.08. The SMILES string of the molecule is CC(F)c1nc(I)nc(I)n1. The first kappa shape index (κ1) is 9.49. The fraction of sp³-hybridized carbons (Fsp3) is 0.400. The average molecular weight is 379 g/mol. The smallest absolute Gasteiger partial charge is 0.195 e. The van der Waals surface area contributed by atoms with E-state index in [1.54, 1.807) is 0 Å². The number of aromatic nitrogens is 3. The van der Waals surface area contributed by atoms with Gasteiger partial charge in [-0.2, -0.15) is 4.98 Å². The number of alkyl halides is 1. The number of rotatable bonds is 1. The second kappa shape index (κ2) is 3.87. The highest BCUT2D eigenvalue weighted by Crippen LogP contribution is 2.12. The number of hydrogen-bond donors (Lipinski definition) is 0. The molecule has 0 bridgehead atoms. The maximum Gasteiger partial charge on any atom is 0.195 e. The Labute approximate surface area is 90.5 Å². The summed E-state index contributed by atoms with van der Waals surface area (Å²) in [6, 6.07) is 0. The highest BCUT2D eigenvalue weighted by molar-refractivity contribution is 14.1. The number of halogens is 3. The zero-order valence-electron chi connectivity index (χ0n) is 5.55. The van der Waals surface area contributed by atoms with Crippen LogP contribution < -0.4 is 0 Å². The molecule has 0 radical (unpaired) electrons. The first-order valence-corrected chi connectivity index (χ1v) is 4.96. The Morgan fingerprint density at radius 2 is 1.64 bits per heavy atom. The predicted molar refractivity (Wildman–Crippen MR) is 54.8 cm³/mol. The predicted octanol–water partition coefficient (Wildman–Crippen LogP) is 2.11. The van der Waals surface area contributed by atoms with E-state index in [1.165, 1.54) is 6.92 Å². The van der Waals surface area contributed by atoms with E-state index in [9.17, 15) is 4.39 Å². The molecule has 0 N–H and O–H groups in total. The van der Waals surface area contributed by atoms with Crippen LogP contribution >= 0.6 is 45.2 Å². The van der Waals surface area contributed by atoms with Crippen LogP contribution in [0.1, 0.15) is 18.9 Å². The van der Waals surface area contributed by atoms with Gasteiger partial charge >= 0.3 is 0 Å².